The lowest BCUT2D eigenvalue weighted by Crippen LogP contribution is -2.30. The number of esters is 3. The first kappa shape index (κ1) is 54.0. The summed E-state index contributed by atoms with van der Waals surface area (Å²) in [5.41, 5.74) is 0. The van der Waals surface area contributed by atoms with E-state index in [0.717, 1.165) is 77.0 Å². The summed E-state index contributed by atoms with van der Waals surface area (Å²) < 4.78 is 16.6. The molecular weight excluding hydrogens is 733 g/mol. The summed E-state index contributed by atoms with van der Waals surface area (Å²) in [7, 11) is 0. The van der Waals surface area contributed by atoms with Crippen LogP contribution in [0.25, 0.3) is 0 Å². The van der Waals surface area contributed by atoms with Gasteiger partial charge < -0.3 is 14.2 Å². The van der Waals surface area contributed by atoms with Gasteiger partial charge in [0.25, 0.3) is 0 Å². The molecule has 0 spiro atoms. The molecular formula is C53H76O6. The van der Waals surface area contributed by atoms with Crippen LogP contribution in [0.4, 0.5) is 0 Å². The van der Waals surface area contributed by atoms with Crippen LogP contribution in [0, 0.1) is 0 Å². The maximum Gasteiger partial charge on any atom is 0.306 e. The normalized spacial score (nSPS) is 13.6. The number of rotatable bonds is 36. The Kier molecular flexibility index (Phi) is 41.9. The summed E-state index contributed by atoms with van der Waals surface area (Å²) in [5.74, 6) is -1.10. The quantitative estimate of drug-likeness (QED) is 0.0206. The standard InChI is InChI=1S/C53H76O6/c1-4-7-10-13-16-19-22-24-26-28-31-34-37-40-43-46-52(55)58-49-50(48-57-51(54)45-42-39-36-33-30-21-18-15-12-9-6-3)59-53(56)47-44-41-38-35-32-29-27-25-23-20-17-14-11-8-5-2/h7-14,16-29,31-33,36,50H,4-6,15,30,34-35,37-49H2,1-3H3/b10-7-,11-8-,12-9-,16-13-,17-14-,21-18-,22-19-,23-20-,26-24-,27-25-,31-28-,32-29-,36-33-. The van der Waals surface area contributed by atoms with Crippen molar-refractivity contribution in [2.75, 3.05) is 13.2 Å². The predicted molar refractivity (Wildman–Crippen MR) is 251 cm³/mol. The summed E-state index contributed by atoms with van der Waals surface area (Å²) >= 11 is 0. The van der Waals surface area contributed by atoms with E-state index in [9.17, 15) is 14.4 Å². The Bertz CT molecular complexity index is 1440. The molecule has 0 fully saturated rings. The Labute approximate surface area is 359 Å². The molecule has 0 N–H and O–H groups in total. The Morgan fingerprint density at radius 2 is 0.712 bits per heavy atom. The number of unbranched alkanes of at least 4 members (excludes halogenated alkanes) is 7. The summed E-state index contributed by atoms with van der Waals surface area (Å²) in [5, 5.41) is 0. The highest BCUT2D eigenvalue weighted by Gasteiger charge is 2.19. The molecule has 1 unspecified atom stereocenters. The molecule has 0 aliphatic rings. The van der Waals surface area contributed by atoms with Gasteiger partial charge in [-0.3, -0.25) is 14.4 Å². The third-order valence-corrected chi connectivity index (χ3v) is 8.26. The van der Waals surface area contributed by atoms with Crippen LogP contribution in [0.5, 0.6) is 0 Å². The van der Waals surface area contributed by atoms with Crippen LogP contribution < -0.4 is 0 Å². The molecule has 0 aromatic carbocycles. The van der Waals surface area contributed by atoms with Crippen molar-refractivity contribution in [2.24, 2.45) is 0 Å². The smallest absolute Gasteiger partial charge is 0.306 e. The number of allylic oxidation sites excluding steroid dienone is 26. The Balaban J connectivity index is 4.67. The molecule has 0 aromatic heterocycles. The van der Waals surface area contributed by atoms with Crippen LogP contribution in [0.1, 0.15) is 136 Å². The Hall–Kier alpha value is -4.97. The first-order chi connectivity index (χ1) is 29.0. The summed E-state index contributed by atoms with van der Waals surface area (Å²) in [4.78, 5) is 37.7. The number of ether oxygens (including phenoxy) is 3. The molecule has 0 aliphatic heterocycles. The fourth-order valence-electron chi connectivity index (χ4n) is 5.03. The van der Waals surface area contributed by atoms with Gasteiger partial charge in [-0.05, 0) is 83.5 Å². The van der Waals surface area contributed by atoms with Gasteiger partial charge in [-0.2, -0.15) is 0 Å². The van der Waals surface area contributed by atoms with Crippen molar-refractivity contribution in [3.63, 3.8) is 0 Å². The average molecular weight is 809 g/mol. The first-order valence-corrected chi connectivity index (χ1v) is 22.1. The minimum atomic E-state index is -0.844. The Morgan fingerprint density at radius 3 is 1.17 bits per heavy atom. The summed E-state index contributed by atoms with van der Waals surface area (Å²) in [6.07, 6.45) is 66.6. The van der Waals surface area contributed by atoms with Gasteiger partial charge in [-0.25, -0.2) is 0 Å². The zero-order valence-corrected chi connectivity index (χ0v) is 36.7. The van der Waals surface area contributed by atoms with Crippen molar-refractivity contribution in [2.45, 2.75) is 142 Å². The topological polar surface area (TPSA) is 78.9 Å². The second-order valence-corrected chi connectivity index (χ2v) is 13.7. The van der Waals surface area contributed by atoms with Crippen molar-refractivity contribution in [1.29, 1.82) is 0 Å². The van der Waals surface area contributed by atoms with E-state index in [1.54, 1.807) is 0 Å². The van der Waals surface area contributed by atoms with E-state index < -0.39 is 6.10 Å². The first-order valence-electron chi connectivity index (χ1n) is 22.1. The second kappa shape index (κ2) is 45.7. The third-order valence-electron chi connectivity index (χ3n) is 8.26. The van der Waals surface area contributed by atoms with Crippen LogP contribution >= 0.6 is 0 Å². The second-order valence-electron chi connectivity index (χ2n) is 13.7. The van der Waals surface area contributed by atoms with Crippen molar-refractivity contribution < 1.29 is 28.6 Å². The number of hydrogen-bond acceptors (Lipinski definition) is 6. The molecule has 0 bridgehead atoms. The minimum absolute atomic E-state index is 0.142. The van der Waals surface area contributed by atoms with E-state index in [-0.39, 0.29) is 50.4 Å². The summed E-state index contributed by atoms with van der Waals surface area (Å²) in [6.45, 7) is 6.05. The van der Waals surface area contributed by atoms with E-state index in [0.29, 0.717) is 19.3 Å². The van der Waals surface area contributed by atoms with Gasteiger partial charge in [-0.1, -0.05) is 192 Å². The van der Waals surface area contributed by atoms with Crippen molar-refractivity contribution in [3.05, 3.63) is 158 Å². The largest absolute Gasteiger partial charge is 0.462 e. The SMILES string of the molecule is CC\C=C/C=C\C=C/C=C\C=C/CCCCCC(=O)OCC(COC(=O)CCC/C=C\C/C=C\C/C=C\CC)OC(=O)CCCCC\C=C/C=C\C=C/C=C\C=C/CC. The zero-order chi connectivity index (χ0) is 43.0. The highest BCUT2D eigenvalue weighted by molar-refractivity contribution is 5.71. The van der Waals surface area contributed by atoms with Crippen molar-refractivity contribution >= 4 is 17.9 Å². The molecule has 59 heavy (non-hydrogen) atoms. The van der Waals surface area contributed by atoms with Gasteiger partial charge in [0.15, 0.2) is 6.10 Å². The molecule has 6 heteroatoms. The lowest BCUT2D eigenvalue weighted by Gasteiger charge is -2.18. The van der Waals surface area contributed by atoms with Crippen LogP contribution in [0.15, 0.2) is 158 Å². The van der Waals surface area contributed by atoms with Gasteiger partial charge in [0.05, 0.1) is 0 Å². The lowest BCUT2D eigenvalue weighted by atomic mass is 10.1. The molecule has 0 rings (SSSR count). The summed E-state index contributed by atoms with van der Waals surface area (Å²) in [6, 6.07) is 0. The molecule has 0 heterocycles. The molecule has 0 radical (unpaired) electrons. The molecule has 1 atom stereocenters. The maximum atomic E-state index is 12.7. The number of carbonyl (C=O) groups excluding carboxylic acids is 3. The molecule has 0 saturated carbocycles. The average Bonchev–Trinajstić information content (AvgIpc) is 3.23. The van der Waals surface area contributed by atoms with Gasteiger partial charge in [0.1, 0.15) is 13.2 Å². The van der Waals surface area contributed by atoms with Crippen LogP contribution in [0.2, 0.25) is 0 Å². The molecule has 0 aliphatic carbocycles. The van der Waals surface area contributed by atoms with Gasteiger partial charge in [-0.15, -0.1) is 0 Å². The predicted octanol–water partition coefficient (Wildman–Crippen LogP) is 14.3. The van der Waals surface area contributed by atoms with E-state index in [2.05, 4.69) is 81.5 Å². The monoisotopic (exact) mass is 809 g/mol. The third kappa shape index (κ3) is 44.0. The van der Waals surface area contributed by atoms with Gasteiger partial charge >= 0.3 is 17.9 Å². The molecule has 0 aromatic rings. The number of hydrogen-bond donors (Lipinski definition) is 0. The maximum absolute atomic E-state index is 12.7. The fourth-order valence-corrected chi connectivity index (χ4v) is 5.03. The minimum Gasteiger partial charge on any atom is -0.462 e. The molecule has 0 saturated heterocycles. The van der Waals surface area contributed by atoms with Gasteiger partial charge in [0.2, 0.25) is 0 Å². The van der Waals surface area contributed by atoms with Crippen LogP contribution in [-0.4, -0.2) is 37.2 Å². The van der Waals surface area contributed by atoms with Crippen molar-refractivity contribution in [3.8, 4) is 0 Å². The van der Waals surface area contributed by atoms with Crippen molar-refractivity contribution in [1.82, 2.24) is 0 Å². The fraction of sp³-hybridized carbons (Fsp3) is 0.453. The van der Waals surface area contributed by atoms with E-state index in [4.69, 9.17) is 14.2 Å². The Morgan fingerprint density at radius 1 is 0.356 bits per heavy atom. The van der Waals surface area contributed by atoms with E-state index in [1.807, 2.05) is 97.2 Å². The zero-order valence-electron chi connectivity index (χ0n) is 36.7. The lowest BCUT2D eigenvalue weighted by molar-refractivity contribution is -0.167. The van der Waals surface area contributed by atoms with E-state index >= 15 is 0 Å². The highest BCUT2D eigenvalue weighted by Crippen LogP contribution is 2.10. The van der Waals surface area contributed by atoms with Gasteiger partial charge in [0, 0.05) is 19.3 Å². The number of carbonyl (C=O) groups is 3. The van der Waals surface area contributed by atoms with E-state index in [1.165, 1.54) is 0 Å². The van der Waals surface area contributed by atoms with Crippen LogP contribution in [-0.2, 0) is 28.6 Å². The highest BCUT2D eigenvalue weighted by atomic mass is 16.6. The molecule has 6 nitrogen and oxygen atoms in total. The molecule has 324 valence electrons. The molecule has 0 amide bonds. The van der Waals surface area contributed by atoms with Crippen LogP contribution in [0.3, 0.4) is 0 Å².